The Hall–Kier alpha value is -0.120. The SMILES string of the molecule is CC(C)C1(N)C2CC1CN(C(C)(C)C)C2.CC(C)C1C2CC1CN(C(C)(C)C)C2. The van der Waals surface area contributed by atoms with Gasteiger partial charge in [0.2, 0.25) is 0 Å². The van der Waals surface area contributed by atoms with Crippen molar-refractivity contribution in [2.24, 2.45) is 47.2 Å². The van der Waals surface area contributed by atoms with Crippen LogP contribution in [0.2, 0.25) is 0 Å². The van der Waals surface area contributed by atoms with Crippen LogP contribution in [-0.2, 0) is 0 Å². The summed E-state index contributed by atoms with van der Waals surface area (Å²) in [5.41, 5.74) is 7.42. The first-order valence-corrected chi connectivity index (χ1v) is 12.4. The molecule has 3 nitrogen and oxygen atoms in total. The Labute approximate surface area is 182 Å². The van der Waals surface area contributed by atoms with E-state index >= 15 is 0 Å². The standard InChI is InChI=1S/C13H26N2.C13H25N/c1-9(2)13(14)10-6-11(13)8-15(7-10)12(3,4)5;1-9(2)12-10-6-11(12)8-14(7-10)13(3,4)5/h9-11H,6-8,14H2,1-5H3;9-12H,6-8H2,1-5H3. The molecule has 0 aromatic heterocycles. The first-order valence-electron chi connectivity index (χ1n) is 12.4. The number of piperidine rings is 4. The molecule has 6 aliphatic rings. The molecule has 29 heavy (non-hydrogen) atoms. The van der Waals surface area contributed by atoms with Gasteiger partial charge >= 0.3 is 0 Å². The van der Waals surface area contributed by atoms with Gasteiger partial charge in [-0.3, -0.25) is 9.80 Å². The molecule has 3 heteroatoms. The molecule has 4 unspecified atom stereocenters. The molecule has 4 saturated heterocycles. The van der Waals surface area contributed by atoms with Crippen LogP contribution in [-0.4, -0.2) is 52.6 Å². The summed E-state index contributed by atoms with van der Waals surface area (Å²) < 4.78 is 0. The Kier molecular flexibility index (Phi) is 6.32. The number of nitrogens with zero attached hydrogens (tertiary/aromatic N) is 2. The fourth-order valence-corrected chi connectivity index (χ4v) is 7.05. The van der Waals surface area contributed by atoms with Gasteiger partial charge in [-0.05, 0) is 95.8 Å². The molecule has 170 valence electrons. The smallest absolute Gasteiger partial charge is 0.0259 e. The van der Waals surface area contributed by atoms with Gasteiger partial charge in [0.1, 0.15) is 0 Å². The predicted molar refractivity (Wildman–Crippen MR) is 126 cm³/mol. The lowest BCUT2D eigenvalue weighted by atomic mass is 9.52. The topological polar surface area (TPSA) is 32.5 Å². The lowest BCUT2D eigenvalue weighted by molar-refractivity contribution is -0.114. The second kappa shape index (κ2) is 7.78. The van der Waals surface area contributed by atoms with Crippen molar-refractivity contribution in [3.8, 4) is 0 Å². The Bertz CT molecular complexity index is 543. The Morgan fingerprint density at radius 2 is 1.14 bits per heavy atom. The summed E-state index contributed by atoms with van der Waals surface area (Å²) in [6.45, 7) is 28.5. The zero-order chi connectivity index (χ0) is 21.9. The highest BCUT2D eigenvalue weighted by Crippen LogP contribution is 2.52. The Morgan fingerprint density at radius 3 is 1.48 bits per heavy atom. The van der Waals surface area contributed by atoms with E-state index in [0.29, 0.717) is 17.0 Å². The predicted octanol–water partition coefficient (Wildman–Crippen LogP) is 5.10. The van der Waals surface area contributed by atoms with Gasteiger partial charge in [0.25, 0.3) is 0 Å². The zero-order valence-corrected chi connectivity index (χ0v) is 21.3. The van der Waals surface area contributed by atoms with E-state index in [1.165, 1.54) is 39.0 Å². The lowest BCUT2D eigenvalue weighted by Gasteiger charge is -2.64. The third-order valence-corrected chi connectivity index (χ3v) is 9.14. The molecule has 2 N–H and O–H groups in total. The minimum Gasteiger partial charge on any atom is -0.324 e. The average molecular weight is 406 g/mol. The monoisotopic (exact) mass is 405 g/mol. The molecule has 2 aliphatic carbocycles. The Balaban J connectivity index is 0.000000166. The highest BCUT2D eigenvalue weighted by atomic mass is 15.2. The summed E-state index contributed by atoms with van der Waals surface area (Å²) in [5.74, 6) is 6.05. The molecule has 4 heterocycles. The fourth-order valence-electron chi connectivity index (χ4n) is 7.05. The van der Waals surface area contributed by atoms with Gasteiger partial charge < -0.3 is 5.73 Å². The highest BCUT2D eigenvalue weighted by Gasteiger charge is 2.58. The van der Waals surface area contributed by atoms with Crippen molar-refractivity contribution in [3.05, 3.63) is 0 Å². The molecule has 2 saturated carbocycles. The second-order valence-electron chi connectivity index (χ2n) is 13.5. The summed E-state index contributed by atoms with van der Waals surface area (Å²) in [6.07, 6.45) is 2.87. The van der Waals surface area contributed by atoms with Crippen molar-refractivity contribution in [1.29, 1.82) is 0 Å². The minimum absolute atomic E-state index is 0.141. The number of nitrogens with two attached hydrogens (primary N) is 1. The van der Waals surface area contributed by atoms with Gasteiger partial charge in [0.05, 0.1) is 0 Å². The summed E-state index contributed by atoms with van der Waals surface area (Å²) in [7, 11) is 0. The molecule has 4 bridgehead atoms. The van der Waals surface area contributed by atoms with Crippen LogP contribution in [0.5, 0.6) is 0 Å². The maximum Gasteiger partial charge on any atom is 0.0259 e. The minimum atomic E-state index is 0.141. The number of hydrogen-bond acceptors (Lipinski definition) is 3. The van der Waals surface area contributed by atoms with E-state index in [4.69, 9.17) is 5.73 Å². The first-order chi connectivity index (χ1) is 13.2. The first kappa shape index (κ1) is 23.5. The van der Waals surface area contributed by atoms with Crippen LogP contribution >= 0.6 is 0 Å². The van der Waals surface area contributed by atoms with Crippen LogP contribution in [0, 0.1) is 41.4 Å². The van der Waals surface area contributed by atoms with E-state index < -0.39 is 0 Å². The van der Waals surface area contributed by atoms with Crippen molar-refractivity contribution in [2.75, 3.05) is 26.2 Å². The Morgan fingerprint density at radius 1 is 0.724 bits per heavy atom. The normalized spacial score (nSPS) is 40.2. The van der Waals surface area contributed by atoms with Gasteiger partial charge in [-0.1, -0.05) is 27.7 Å². The molecular formula is C26H51N3. The van der Waals surface area contributed by atoms with Gasteiger partial charge in [-0.2, -0.15) is 0 Å². The molecular weight excluding hydrogens is 354 g/mol. The molecule has 0 radical (unpaired) electrons. The molecule has 0 amide bonds. The number of hydrogen-bond donors (Lipinski definition) is 1. The summed E-state index contributed by atoms with van der Waals surface area (Å²) in [4.78, 5) is 5.30. The van der Waals surface area contributed by atoms with Crippen LogP contribution in [0.3, 0.4) is 0 Å². The summed E-state index contributed by atoms with van der Waals surface area (Å²) >= 11 is 0. The van der Waals surface area contributed by atoms with Gasteiger partial charge in [0, 0.05) is 42.8 Å². The van der Waals surface area contributed by atoms with Crippen LogP contribution in [0.4, 0.5) is 0 Å². The van der Waals surface area contributed by atoms with Crippen molar-refractivity contribution in [1.82, 2.24) is 9.80 Å². The van der Waals surface area contributed by atoms with Gasteiger partial charge in [0.15, 0.2) is 0 Å². The molecule has 0 spiro atoms. The third-order valence-electron chi connectivity index (χ3n) is 9.14. The maximum atomic E-state index is 6.57. The molecule has 4 atom stereocenters. The van der Waals surface area contributed by atoms with Crippen LogP contribution in [0.1, 0.15) is 82.1 Å². The molecule has 6 fully saturated rings. The summed E-state index contributed by atoms with van der Waals surface area (Å²) in [5, 5.41) is 0. The van der Waals surface area contributed by atoms with Crippen LogP contribution < -0.4 is 5.73 Å². The van der Waals surface area contributed by atoms with Crippen molar-refractivity contribution in [3.63, 3.8) is 0 Å². The quantitative estimate of drug-likeness (QED) is 0.694. The van der Waals surface area contributed by atoms with Crippen molar-refractivity contribution in [2.45, 2.75) is 98.7 Å². The van der Waals surface area contributed by atoms with E-state index in [2.05, 4.69) is 79.0 Å². The third kappa shape index (κ3) is 4.30. The number of fused-ring (bicyclic) bond motifs is 4. The van der Waals surface area contributed by atoms with Crippen LogP contribution in [0.25, 0.3) is 0 Å². The number of rotatable bonds is 2. The molecule has 0 aromatic rings. The van der Waals surface area contributed by atoms with Crippen molar-refractivity contribution < 1.29 is 0 Å². The second-order valence-corrected chi connectivity index (χ2v) is 13.5. The average Bonchev–Trinajstić information content (AvgIpc) is 2.59. The largest absolute Gasteiger partial charge is 0.324 e. The van der Waals surface area contributed by atoms with E-state index in [-0.39, 0.29) is 5.54 Å². The fraction of sp³-hybridized carbons (Fsp3) is 1.00. The molecule has 0 aromatic carbocycles. The molecule has 6 rings (SSSR count). The van der Waals surface area contributed by atoms with E-state index in [1.54, 1.807) is 0 Å². The van der Waals surface area contributed by atoms with E-state index in [0.717, 1.165) is 35.5 Å². The zero-order valence-electron chi connectivity index (χ0n) is 21.3. The summed E-state index contributed by atoms with van der Waals surface area (Å²) in [6, 6.07) is 0. The molecule has 4 aliphatic heterocycles. The maximum absolute atomic E-state index is 6.57. The van der Waals surface area contributed by atoms with E-state index in [9.17, 15) is 0 Å². The van der Waals surface area contributed by atoms with E-state index in [1.807, 2.05) is 0 Å². The van der Waals surface area contributed by atoms with Crippen LogP contribution in [0.15, 0.2) is 0 Å². The van der Waals surface area contributed by atoms with Gasteiger partial charge in [-0.25, -0.2) is 0 Å². The van der Waals surface area contributed by atoms with Gasteiger partial charge in [-0.15, -0.1) is 0 Å². The highest BCUT2D eigenvalue weighted by molar-refractivity contribution is 5.14. The van der Waals surface area contributed by atoms with Crippen molar-refractivity contribution >= 4 is 0 Å². The lowest BCUT2D eigenvalue weighted by Crippen LogP contribution is -2.75.